The second-order valence-corrected chi connectivity index (χ2v) is 5.41. The van der Waals surface area contributed by atoms with E-state index in [1.807, 2.05) is 25.7 Å². The summed E-state index contributed by atoms with van der Waals surface area (Å²) < 4.78 is 4.59. The minimum Gasteiger partial charge on any atom is -0.453 e. The van der Waals surface area contributed by atoms with Crippen LogP contribution in [0.4, 0.5) is 4.79 Å². The van der Waals surface area contributed by atoms with Gasteiger partial charge in [0.15, 0.2) is 0 Å². The molecule has 0 radical (unpaired) electrons. The van der Waals surface area contributed by atoms with Crippen molar-refractivity contribution >= 4 is 17.7 Å². The Bertz CT molecular complexity index is 393. The van der Waals surface area contributed by atoms with Crippen LogP contribution >= 0.6 is 0 Å². The molecule has 1 rings (SSSR count). The van der Waals surface area contributed by atoms with Crippen LogP contribution in [0.5, 0.6) is 0 Å². The highest BCUT2D eigenvalue weighted by molar-refractivity contribution is 5.94. The highest BCUT2D eigenvalue weighted by Crippen LogP contribution is 2.21. The lowest BCUT2D eigenvalue weighted by molar-refractivity contribution is -0.134. The van der Waals surface area contributed by atoms with E-state index in [0.717, 1.165) is 18.6 Å². The first-order valence-electron chi connectivity index (χ1n) is 7.00. The summed E-state index contributed by atoms with van der Waals surface area (Å²) >= 11 is 0. The van der Waals surface area contributed by atoms with Gasteiger partial charge in [-0.05, 0) is 25.7 Å². The second-order valence-electron chi connectivity index (χ2n) is 5.41. The fourth-order valence-corrected chi connectivity index (χ4v) is 2.49. The van der Waals surface area contributed by atoms with Crippen LogP contribution in [-0.2, 0) is 9.53 Å². The Morgan fingerprint density at radius 3 is 2.55 bits per heavy atom. The third-order valence-electron chi connectivity index (χ3n) is 3.76. The fourth-order valence-electron chi connectivity index (χ4n) is 2.49. The van der Waals surface area contributed by atoms with E-state index in [9.17, 15) is 9.59 Å². The number of hydrogen-bond donors (Lipinski definition) is 1. The molecule has 2 amide bonds. The first kappa shape index (κ1) is 16.5. The molecule has 0 bridgehead atoms. The van der Waals surface area contributed by atoms with Gasteiger partial charge in [0.2, 0.25) is 5.91 Å². The van der Waals surface area contributed by atoms with Crippen molar-refractivity contribution in [1.29, 1.82) is 0 Å². The maximum absolute atomic E-state index is 12.7. The lowest BCUT2D eigenvalue weighted by Gasteiger charge is -2.30. The van der Waals surface area contributed by atoms with Gasteiger partial charge in [-0.1, -0.05) is 13.8 Å². The quantitative estimate of drug-likeness (QED) is 0.794. The predicted molar refractivity (Wildman–Crippen MR) is 77.9 cm³/mol. The maximum Gasteiger partial charge on any atom is 0.407 e. The van der Waals surface area contributed by atoms with Crippen molar-refractivity contribution in [2.45, 2.75) is 45.7 Å². The SMILES string of the molecule is CN=C(C)C1CCCN1C(=O)C(NC(=O)OC)C(C)C. The number of ether oxygens (including phenoxy) is 1. The average Bonchev–Trinajstić information content (AvgIpc) is 2.91. The fraction of sp³-hybridized carbons (Fsp3) is 0.786. The Labute approximate surface area is 120 Å². The Balaban J connectivity index is 2.86. The lowest BCUT2D eigenvalue weighted by atomic mass is 10.0. The van der Waals surface area contributed by atoms with Crippen molar-refractivity contribution in [2.75, 3.05) is 20.7 Å². The average molecular weight is 283 g/mol. The lowest BCUT2D eigenvalue weighted by Crippen LogP contribution is -2.53. The summed E-state index contributed by atoms with van der Waals surface area (Å²) in [4.78, 5) is 30.1. The molecule has 0 aromatic rings. The minimum atomic E-state index is -0.575. The normalized spacial score (nSPS) is 21.0. The summed E-state index contributed by atoms with van der Waals surface area (Å²) in [6.45, 7) is 6.46. The summed E-state index contributed by atoms with van der Waals surface area (Å²) in [6, 6.07) is -0.513. The third kappa shape index (κ3) is 3.71. The first-order chi connectivity index (χ1) is 9.42. The molecule has 1 heterocycles. The van der Waals surface area contributed by atoms with Crippen molar-refractivity contribution in [3.05, 3.63) is 0 Å². The van der Waals surface area contributed by atoms with Crippen LogP contribution in [0.3, 0.4) is 0 Å². The van der Waals surface area contributed by atoms with E-state index in [-0.39, 0.29) is 17.9 Å². The van der Waals surface area contributed by atoms with Gasteiger partial charge in [0.25, 0.3) is 0 Å². The highest BCUT2D eigenvalue weighted by atomic mass is 16.5. The van der Waals surface area contributed by atoms with Gasteiger partial charge in [0, 0.05) is 19.3 Å². The molecule has 2 unspecified atom stereocenters. The Hall–Kier alpha value is -1.59. The first-order valence-corrected chi connectivity index (χ1v) is 7.00. The van der Waals surface area contributed by atoms with Crippen molar-refractivity contribution < 1.29 is 14.3 Å². The molecule has 20 heavy (non-hydrogen) atoms. The van der Waals surface area contributed by atoms with Gasteiger partial charge >= 0.3 is 6.09 Å². The summed E-state index contributed by atoms with van der Waals surface area (Å²) in [5.41, 5.74) is 0.955. The number of alkyl carbamates (subject to hydrolysis) is 1. The summed E-state index contributed by atoms with van der Waals surface area (Å²) in [6.07, 6.45) is 1.32. The number of carbonyl (C=O) groups is 2. The molecule has 0 aromatic carbocycles. The zero-order chi connectivity index (χ0) is 15.3. The van der Waals surface area contributed by atoms with Crippen LogP contribution in [0.1, 0.15) is 33.6 Å². The molecule has 1 fully saturated rings. The molecule has 0 aromatic heterocycles. The van der Waals surface area contributed by atoms with Crippen LogP contribution in [-0.4, -0.2) is 55.4 Å². The van der Waals surface area contributed by atoms with Crippen LogP contribution in [0.15, 0.2) is 4.99 Å². The molecular weight excluding hydrogens is 258 g/mol. The van der Waals surface area contributed by atoms with E-state index in [1.54, 1.807) is 7.05 Å². The Morgan fingerprint density at radius 1 is 1.40 bits per heavy atom. The van der Waals surface area contributed by atoms with Gasteiger partial charge in [-0.15, -0.1) is 0 Å². The van der Waals surface area contributed by atoms with E-state index < -0.39 is 12.1 Å². The van der Waals surface area contributed by atoms with Crippen molar-refractivity contribution in [3.8, 4) is 0 Å². The van der Waals surface area contributed by atoms with E-state index in [0.29, 0.717) is 6.54 Å². The largest absolute Gasteiger partial charge is 0.453 e. The molecule has 1 aliphatic rings. The maximum atomic E-state index is 12.7. The summed E-state index contributed by atoms with van der Waals surface area (Å²) in [7, 11) is 3.03. The number of likely N-dealkylation sites (tertiary alicyclic amines) is 1. The number of hydrogen-bond acceptors (Lipinski definition) is 4. The number of amides is 2. The van der Waals surface area contributed by atoms with Gasteiger partial charge in [-0.25, -0.2) is 4.79 Å². The number of nitrogens with one attached hydrogen (secondary N) is 1. The zero-order valence-corrected chi connectivity index (χ0v) is 13.0. The summed E-state index contributed by atoms with van der Waals surface area (Å²) in [5.74, 6) is -0.0578. The standard InChI is InChI=1S/C14H25N3O3/c1-9(2)12(16-14(19)20-5)13(18)17-8-6-7-11(17)10(3)15-4/h9,11-12H,6-8H2,1-5H3,(H,16,19). The number of rotatable bonds is 4. The Morgan fingerprint density at radius 2 is 2.05 bits per heavy atom. The monoisotopic (exact) mass is 283 g/mol. The zero-order valence-electron chi connectivity index (χ0n) is 13.0. The van der Waals surface area contributed by atoms with Crippen molar-refractivity contribution in [1.82, 2.24) is 10.2 Å². The third-order valence-corrected chi connectivity index (χ3v) is 3.76. The minimum absolute atomic E-state index is 0.00159. The number of nitrogens with zero attached hydrogens (tertiary/aromatic N) is 2. The molecule has 0 saturated carbocycles. The molecular formula is C14H25N3O3. The summed E-state index contributed by atoms with van der Waals surface area (Å²) in [5, 5.41) is 2.63. The van der Waals surface area contributed by atoms with E-state index in [4.69, 9.17) is 0 Å². The van der Waals surface area contributed by atoms with Crippen LogP contribution < -0.4 is 5.32 Å². The van der Waals surface area contributed by atoms with Gasteiger partial charge in [-0.3, -0.25) is 9.79 Å². The highest BCUT2D eigenvalue weighted by Gasteiger charge is 2.36. The van der Waals surface area contributed by atoms with Crippen molar-refractivity contribution in [3.63, 3.8) is 0 Å². The van der Waals surface area contributed by atoms with Crippen LogP contribution in [0.25, 0.3) is 0 Å². The second kappa shape index (κ2) is 7.26. The van der Waals surface area contributed by atoms with Gasteiger partial charge < -0.3 is 15.0 Å². The van der Waals surface area contributed by atoms with Gasteiger partial charge in [0.1, 0.15) is 6.04 Å². The molecule has 2 atom stereocenters. The molecule has 6 nitrogen and oxygen atoms in total. The molecule has 1 saturated heterocycles. The van der Waals surface area contributed by atoms with E-state index >= 15 is 0 Å². The van der Waals surface area contributed by atoms with E-state index in [2.05, 4.69) is 15.0 Å². The smallest absolute Gasteiger partial charge is 0.407 e. The van der Waals surface area contributed by atoms with Crippen molar-refractivity contribution in [2.24, 2.45) is 10.9 Å². The molecule has 1 aliphatic heterocycles. The van der Waals surface area contributed by atoms with Crippen LogP contribution in [0, 0.1) is 5.92 Å². The van der Waals surface area contributed by atoms with Gasteiger partial charge in [0.05, 0.1) is 13.2 Å². The molecule has 0 aliphatic carbocycles. The molecule has 1 N–H and O–H groups in total. The topological polar surface area (TPSA) is 71.0 Å². The molecule has 114 valence electrons. The Kier molecular flexibility index (Phi) is 5.98. The van der Waals surface area contributed by atoms with Gasteiger partial charge in [-0.2, -0.15) is 0 Å². The number of methoxy groups -OCH3 is 1. The van der Waals surface area contributed by atoms with E-state index in [1.165, 1.54) is 7.11 Å². The number of carbonyl (C=O) groups excluding carboxylic acids is 2. The number of aliphatic imine (C=N–C) groups is 1. The molecule has 0 spiro atoms. The van der Waals surface area contributed by atoms with Crippen LogP contribution in [0.2, 0.25) is 0 Å². The predicted octanol–water partition coefficient (Wildman–Crippen LogP) is 1.45. The molecule has 6 heteroatoms.